The van der Waals surface area contributed by atoms with Crippen molar-refractivity contribution < 1.29 is 4.79 Å². The predicted molar refractivity (Wildman–Crippen MR) is 75.3 cm³/mol. The zero-order valence-corrected chi connectivity index (χ0v) is 11.0. The Morgan fingerprint density at radius 1 is 1.21 bits per heavy atom. The van der Waals surface area contributed by atoms with Crippen molar-refractivity contribution in [3.8, 4) is 0 Å². The molecule has 1 fully saturated rings. The van der Waals surface area contributed by atoms with Crippen molar-refractivity contribution >= 4 is 22.9 Å². The number of benzene rings is 1. The number of hydrogen-bond acceptors (Lipinski definition) is 4. The number of aldehydes is 1. The Bertz CT molecular complexity index is 611. The lowest BCUT2D eigenvalue weighted by Crippen LogP contribution is -2.41. The molecule has 1 atom stereocenters. The number of hydrogen-bond donors (Lipinski definition) is 0. The lowest BCUT2D eigenvalue weighted by atomic mass is 10.0. The first-order valence-electron chi connectivity index (χ1n) is 6.75. The summed E-state index contributed by atoms with van der Waals surface area (Å²) in [7, 11) is 0. The molecule has 4 nitrogen and oxygen atoms in total. The highest BCUT2D eigenvalue weighted by molar-refractivity contribution is 5.94. The number of aryl methyl sites for hydroxylation is 1. The molecule has 1 aliphatic rings. The SMILES string of the molecule is Cc1nnc(N2CCCCC2C=O)c2ccccc12. The minimum Gasteiger partial charge on any atom is -0.345 e. The van der Waals surface area contributed by atoms with Gasteiger partial charge in [-0.3, -0.25) is 0 Å². The molecule has 2 heterocycles. The number of carbonyl (C=O) groups excluding carboxylic acids is 1. The quantitative estimate of drug-likeness (QED) is 0.773. The van der Waals surface area contributed by atoms with Gasteiger partial charge in [-0.1, -0.05) is 24.3 Å². The summed E-state index contributed by atoms with van der Waals surface area (Å²) in [5, 5.41) is 10.8. The molecule has 98 valence electrons. The van der Waals surface area contributed by atoms with E-state index in [1.165, 1.54) is 0 Å². The highest BCUT2D eigenvalue weighted by atomic mass is 16.1. The number of fused-ring (bicyclic) bond motifs is 1. The minimum atomic E-state index is -0.0610. The van der Waals surface area contributed by atoms with Crippen LogP contribution in [0.1, 0.15) is 25.0 Å². The summed E-state index contributed by atoms with van der Waals surface area (Å²) in [5.41, 5.74) is 0.930. The molecule has 0 bridgehead atoms. The van der Waals surface area contributed by atoms with Crippen LogP contribution in [0, 0.1) is 6.92 Å². The van der Waals surface area contributed by atoms with Crippen LogP contribution < -0.4 is 4.90 Å². The van der Waals surface area contributed by atoms with Gasteiger partial charge >= 0.3 is 0 Å². The van der Waals surface area contributed by atoms with Crippen molar-refractivity contribution in [2.45, 2.75) is 32.2 Å². The number of nitrogens with zero attached hydrogens (tertiary/aromatic N) is 3. The van der Waals surface area contributed by atoms with E-state index in [0.29, 0.717) is 0 Å². The van der Waals surface area contributed by atoms with E-state index in [-0.39, 0.29) is 6.04 Å². The van der Waals surface area contributed by atoms with Gasteiger partial charge in [-0.25, -0.2) is 0 Å². The molecule has 1 unspecified atom stereocenters. The highest BCUT2D eigenvalue weighted by Crippen LogP contribution is 2.29. The van der Waals surface area contributed by atoms with Gasteiger partial charge in [-0.05, 0) is 26.2 Å². The minimum absolute atomic E-state index is 0.0610. The van der Waals surface area contributed by atoms with Crippen molar-refractivity contribution in [3.63, 3.8) is 0 Å². The number of piperidine rings is 1. The van der Waals surface area contributed by atoms with E-state index in [1.54, 1.807) is 0 Å². The van der Waals surface area contributed by atoms with E-state index < -0.39 is 0 Å². The molecule has 0 amide bonds. The summed E-state index contributed by atoms with van der Waals surface area (Å²) in [6.07, 6.45) is 4.16. The summed E-state index contributed by atoms with van der Waals surface area (Å²) in [6.45, 7) is 2.84. The molecule has 1 aliphatic heterocycles. The third-order valence-electron chi connectivity index (χ3n) is 3.83. The first kappa shape index (κ1) is 12.1. The molecule has 0 spiro atoms. The number of rotatable bonds is 2. The maximum atomic E-state index is 11.3. The van der Waals surface area contributed by atoms with Crippen LogP contribution in [0.15, 0.2) is 24.3 Å². The van der Waals surface area contributed by atoms with E-state index in [9.17, 15) is 4.79 Å². The van der Waals surface area contributed by atoms with Crippen LogP contribution in [0.3, 0.4) is 0 Å². The van der Waals surface area contributed by atoms with Gasteiger partial charge in [-0.15, -0.1) is 5.10 Å². The van der Waals surface area contributed by atoms with E-state index in [2.05, 4.69) is 27.2 Å². The lowest BCUT2D eigenvalue weighted by Gasteiger charge is -2.33. The van der Waals surface area contributed by atoms with Crippen molar-refractivity contribution in [3.05, 3.63) is 30.0 Å². The van der Waals surface area contributed by atoms with Crippen molar-refractivity contribution in [1.82, 2.24) is 10.2 Å². The summed E-state index contributed by atoms with van der Waals surface area (Å²) in [6, 6.07) is 8.07. The van der Waals surface area contributed by atoms with Gasteiger partial charge in [0.1, 0.15) is 6.29 Å². The van der Waals surface area contributed by atoms with Gasteiger partial charge in [0, 0.05) is 17.3 Å². The van der Waals surface area contributed by atoms with Crippen LogP contribution in [0.2, 0.25) is 0 Å². The van der Waals surface area contributed by atoms with Gasteiger partial charge in [0.05, 0.1) is 11.7 Å². The Balaban J connectivity index is 2.14. The molecule has 0 radical (unpaired) electrons. The summed E-state index contributed by atoms with van der Waals surface area (Å²) in [4.78, 5) is 13.4. The normalized spacial score (nSPS) is 19.6. The Labute approximate surface area is 112 Å². The molecule has 0 N–H and O–H groups in total. The van der Waals surface area contributed by atoms with Crippen LogP contribution in [-0.2, 0) is 4.79 Å². The smallest absolute Gasteiger partial charge is 0.159 e. The lowest BCUT2D eigenvalue weighted by molar-refractivity contribution is -0.109. The van der Waals surface area contributed by atoms with E-state index in [1.807, 2.05) is 19.1 Å². The van der Waals surface area contributed by atoms with Crippen LogP contribution in [-0.4, -0.2) is 29.1 Å². The van der Waals surface area contributed by atoms with E-state index >= 15 is 0 Å². The van der Waals surface area contributed by atoms with Gasteiger partial charge in [-0.2, -0.15) is 5.10 Å². The fourth-order valence-corrected chi connectivity index (χ4v) is 2.80. The maximum absolute atomic E-state index is 11.3. The third-order valence-corrected chi connectivity index (χ3v) is 3.83. The largest absolute Gasteiger partial charge is 0.345 e. The van der Waals surface area contributed by atoms with Crippen LogP contribution >= 0.6 is 0 Å². The predicted octanol–water partition coefficient (Wildman–Crippen LogP) is 2.50. The number of carbonyl (C=O) groups is 1. The van der Waals surface area contributed by atoms with Crippen LogP contribution in [0.5, 0.6) is 0 Å². The summed E-state index contributed by atoms with van der Waals surface area (Å²) < 4.78 is 0. The Morgan fingerprint density at radius 3 is 2.79 bits per heavy atom. The Kier molecular flexibility index (Phi) is 3.15. The van der Waals surface area contributed by atoms with Gasteiger partial charge in [0.2, 0.25) is 0 Å². The van der Waals surface area contributed by atoms with E-state index in [4.69, 9.17) is 0 Å². The first-order valence-corrected chi connectivity index (χ1v) is 6.75. The number of anilines is 1. The van der Waals surface area contributed by atoms with Crippen molar-refractivity contribution in [1.29, 1.82) is 0 Å². The second-order valence-electron chi connectivity index (χ2n) is 5.05. The highest BCUT2D eigenvalue weighted by Gasteiger charge is 2.25. The molecule has 3 rings (SSSR count). The Hall–Kier alpha value is -1.97. The number of aromatic nitrogens is 2. The molecule has 19 heavy (non-hydrogen) atoms. The van der Waals surface area contributed by atoms with Gasteiger partial charge in [0.15, 0.2) is 5.82 Å². The topological polar surface area (TPSA) is 46.1 Å². The zero-order valence-electron chi connectivity index (χ0n) is 11.0. The van der Waals surface area contributed by atoms with Gasteiger partial charge < -0.3 is 9.69 Å². The molecule has 1 aromatic heterocycles. The van der Waals surface area contributed by atoms with Crippen molar-refractivity contribution in [2.75, 3.05) is 11.4 Å². The molecule has 2 aromatic rings. The molecule has 1 saturated heterocycles. The second-order valence-corrected chi connectivity index (χ2v) is 5.05. The molecular weight excluding hydrogens is 238 g/mol. The molecular formula is C15H17N3O. The fraction of sp³-hybridized carbons (Fsp3) is 0.400. The second kappa shape index (κ2) is 4.96. The average molecular weight is 255 g/mol. The molecule has 1 aromatic carbocycles. The van der Waals surface area contributed by atoms with Crippen LogP contribution in [0.25, 0.3) is 10.8 Å². The molecule has 4 heteroatoms. The van der Waals surface area contributed by atoms with Crippen LogP contribution in [0.4, 0.5) is 5.82 Å². The summed E-state index contributed by atoms with van der Waals surface area (Å²) in [5.74, 6) is 0.845. The summed E-state index contributed by atoms with van der Waals surface area (Å²) >= 11 is 0. The van der Waals surface area contributed by atoms with E-state index in [0.717, 1.165) is 54.4 Å². The Morgan fingerprint density at radius 2 is 2.00 bits per heavy atom. The maximum Gasteiger partial charge on any atom is 0.159 e. The van der Waals surface area contributed by atoms with Crippen molar-refractivity contribution in [2.24, 2.45) is 0 Å². The zero-order chi connectivity index (χ0) is 13.2. The first-order chi connectivity index (χ1) is 9.31. The standard InChI is InChI=1S/C15H17N3O/c1-11-13-7-2-3-8-14(13)15(17-16-11)18-9-5-4-6-12(18)10-19/h2-3,7-8,10,12H,4-6,9H2,1H3. The average Bonchev–Trinajstić information content (AvgIpc) is 2.48. The molecule has 0 saturated carbocycles. The third kappa shape index (κ3) is 2.07. The monoisotopic (exact) mass is 255 g/mol. The fourth-order valence-electron chi connectivity index (χ4n) is 2.80. The van der Waals surface area contributed by atoms with Gasteiger partial charge in [0.25, 0.3) is 0 Å². The molecule has 0 aliphatic carbocycles.